The van der Waals surface area contributed by atoms with Gasteiger partial charge in [-0.15, -0.1) is 0 Å². The number of hydrogen-bond donors (Lipinski definition) is 2. The second-order valence-electron chi connectivity index (χ2n) is 5.22. The Morgan fingerprint density at radius 3 is 2.47 bits per heavy atom. The summed E-state index contributed by atoms with van der Waals surface area (Å²) in [6.45, 7) is 8.43. The smallest absolute Gasteiger partial charge is 0.325 e. The van der Waals surface area contributed by atoms with E-state index in [1.807, 2.05) is 6.92 Å². The molecule has 0 aromatic heterocycles. The molecule has 0 aromatic rings. The van der Waals surface area contributed by atoms with E-state index in [4.69, 9.17) is 5.11 Å². The highest BCUT2D eigenvalue weighted by atomic mass is 16.4. The highest BCUT2D eigenvalue weighted by molar-refractivity contribution is 5.82. The topological polar surface area (TPSA) is 69.6 Å². The molecule has 17 heavy (non-hydrogen) atoms. The van der Waals surface area contributed by atoms with E-state index in [0.29, 0.717) is 18.4 Å². The van der Waals surface area contributed by atoms with Crippen molar-refractivity contribution in [2.45, 2.75) is 46.2 Å². The highest BCUT2D eigenvalue weighted by Crippen LogP contribution is 2.26. The molecule has 5 heteroatoms. The number of nitrogens with one attached hydrogen (secondary N) is 1. The Morgan fingerprint density at radius 2 is 1.94 bits per heavy atom. The minimum absolute atomic E-state index is 0.159. The van der Waals surface area contributed by atoms with E-state index in [9.17, 15) is 9.59 Å². The summed E-state index contributed by atoms with van der Waals surface area (Å²) in [6.07, 6.45) is 1.11. The molecule has 1 heterocycles. The first-order valence-corrected chi connectivity index (χ1v) is 6.12. The van der Waals surface area contributed by atoms with Gasteiger partial charge in [-0.1, -0.05) is 13.8 Å². The van der Waals surface area contributed by atoms with Gasteiger partial charge in [-0.05, 0) is 32.1 Å². The van der Waals surface area contributed by atoms with Crippen LogP contribution in [0.3, 0.4) is 0 Å². The van der Waals surface area contributed by atoms with Gasteiger partial charge in [0.2, 0.25) is 0 Å². The molecule has 2 N–H and O–H groups in total. The van der Waals surface area contributed by atoms with Crippen molar-refractivity contribution in [2.24, 2.45) is 11.8 Å². The number of rotatable bonds is 2. The first-order chi connectivity index (χ1) is 7.82. The maximum atomic E-state index is 12.0. The standard InChI is InChI=1S/C12H22N2O3/c1-7-5-8(2)10(4)14(6-7)12(17)13-9(3)11(15)16/h7-10H,5-6H2,1-4H3,(H,13,17)(H,15,16)/t7?,8?,9-,10?/m1/s1. The Bertz CT molecular complexity index is 306. The zero-order valence-electron chi connectivity index (χ0n) is 10.9. The van der Waals surface area contributed by atoms with Gasteiger partial charge in [0.25, 0.3) is 0 Å². The van der Waals surface area contributed by atoms with E-state index in [1.54, 1.807) is 4.90 Å². The molecule has 1 fully saturated rings. The number of piperidine rings is 1. The van der Waals surface area contributed by atoms with E-state index in [2.05, 4.69) is 19.2 Å². The number of nitrogens with zero attached hydrogens (tertiary/aromatic N) is 1. The van der Waals surface area contributed by atoms with Crippen LogP contribution >= 0.6 is 0 Å². The van der Waals surface area contributed by atoms with Crippen LogP contribution in [0.2, 0.25) is 0 Å². The van der Waals surface area contributed by atoms with Crippen LogP contribution < -0.4 is 5.32 Å². The van der Waals surface area contributed by atoms with Crippen molar-refractivity contribution in [3.05, 3.63) is 0 Å². The molecule has 0 aliphatic carbocycles. The quantitative estimate of drug-likeness (QED) is 0.771. The first kappa shape index (κ1) is 13.8. The number of urea groups is 1. The highest BCUT2D eigenvalue weighted by Gasteiger charge is 2.32. The van der Waals surface area contributed by atoms with Crippen LogP contribution in [0.1, 0.15) is 34.1 Å². The predicted octanol–water partition coefficient (Wildman–Crippen LogP) is 1.54. The van der Waals surface area contributed by atoms with Gasteiger partial charge in [0.1, 0.15) is 6.04 Å². The molecule has 0 aromatic carbocycles. The Hall–Kier alpha value is -1.26. The number of carbonyl (C=O) groups excluding carboxylic acids is 1. The lowest BCUT2D eigenvalue weighted by Gasteiger charge is -2.41. The number of hydrogen-bond acceptors (Lipinski definition) is 2. The molecule has 1 aliphatic rings. The largest absolute Gasteiger partial charge is 0.480 e. The van der Waals surface area contributed by atoms with Crippen molar-refractivity contribution >= 4 is 12.0 Å². The fraction of sp³-hybridized carbons (Fsp3) is 0.833. The number of carbonyl (C=O) groups is 2. The summed E-state index contributed by atoms with van der Waals surface area (Å²) in [5, 5.41) is 11.3. The van der Waals surface area contributed by atoms with Gasteiger partial charge in [-0.3, -0.25) is 4.79 Å². The molecule has 4 atom stereocenters. The molecule has 2 amide bonds. The molecule has 0 spiro atoms. The van der Waals surface area contributed by atoms with Crippen LogP contribution in [0.5, 0.6) is 0 Å². The third kappa shape index (κ3) is 3.35. The van der Waals surface area contributed by atoms with Gasteiger partial charge in [0.15, 0.2) is 0 Å². The van der Waals surface area contributed by atoms with E-state index in [-0.39, 0.29) is 12.1 Å². The molecule has 0 radical (unpaired) electrons. The fourth-order valence-corrected chi connectivity index (χ4v) is 2.31. The van der Waals surface area contributed by atoms with Crippen LogP contribution in [0.25, 0.3) is 0 Å². The lowest BCUT2D eigenvalue weighted by Crippen LogP contribution is -2.55. The molecule has 98 valence electrons. The summed E-state index contributed by atoms with van der Waals surface area (Å²) in [5.41, 5.74) is 0. The summed E-state index contributed by atoms with van der Waals surface area (Å²) in [6, 6.07) is -0.958. The number of carboxylic acid groups (broad SMARTS) is 1. The van der Waals surface area contributed by atoms with Crippen LogP contribution in [0.15, 0.2) is 0 Å². The van der Waals surface area contributed by atoms with Crippen molar-refractivity contribution < 1.29 is 14.7 Å². The average molecular weight is 242 g/mol. The van der Waals surface area contributed by atoms with Gasteiger partial charge in [-0.25, -0.2) is 4.79 Å². The van der Waals surface area contributed by atoms with E-state index < -0.39 is 12.0 Å². The second-order valence-corrected chi connectivity index (χ2v) is 5.22. The second kappa shape index (κ2) is 5.38. The van der Waals surface area contributed by atoms with E-state index >= 15 is 0 Å². The summed E-state index contributed by atoms with van der Waals surface area (Å²) in [7, 11) is 0. The number of carboxylic acids is 1. The lowest BCUT2D eigenvalue weighted by atomic mass is 9.86. The number of aliphatic carboxylic acids is 1. The van der Waals surface area contributed by atoms with E-state index in [0.717, 1.165) is 6.42 Å². The van der Waals surface area contributed by atoms with Crippen molar-refractivity contribution in [2.75, 3.05) is 6.54 Å². The minimum Gasteiger partial charge on any atom is -0.480 e. The van der Waals surface area contributed by atoms with Crippen molar-refractivity contribution in [3.8, 4) is 0 Å². The normalized spacial score (nSPS) is 30.8. The SMILES string of the molecule is CC1CC(C)C(C)N(C(=O)N[C@H](C)C(=O)O)C1. The molecule has 0 saturated carbocycles. The van der Waals surface area contributed by atoms with Gasteiger partial charge < -0.3 is 15.3 Å². The predicted molar refractivity (Wildman–Crippen MR) is 64.7 cm³/mol. The van der Waals surface area contributed by atoms with Crippen LogP contribution in [0, 0.1) is 11.8 Å². The maximum Gasteiger partial charge on any atom is 0.325 e. The number of likely N-dealkylation sites (tertiary alicyclic amines) is 1. The van der Waals surface area contributed by atoms with Gasteiger partial charge in [0.05, 0.1) is 0 Å². The fourth-order valence-electron chi connectivity index (χ4n) is 2.31. The van der Waals surface area contributed by atoms with Gasteiger partial charge in [-0.2, -0.15) is 0 Å². The molecule has 1 aliphatic heterocycles. The van der Waals surface area contributed by atoms with Gasteiger partial charge in [0, 0.05) is 12.6 Å². The third-order valence-electron chi connectivity index (χ3n) is 3.57. The molecule has 0 bridgehead atoms. The molecular formula is C12H22N2O3. The summed E-state index contributed by atoms with van der Waals surface area (Å²) in [4.78, 5) is 24.4. The molecule has 1 rings (SSSR count). The molecule has 3 unspecified atom stereocenters. The summed E-state index contributed by atoms with van der Waals surface area (Å²) >= 11 is 0. The van der Waals surface area contributed by atoms with Crippen LogP contribution in [-0.2, 0) is 4.79 Å². The van der Waals surface area contributed by atoms with Crippen LogP contribution in [0.4, 0.5) is 4.79 Å². The zero-order valence-corrected chi connectivity index (χ0v) is 10.9. The lowest BCUT2D eigenvalue weighted by molar-refractivity contribution is -0.138. The average Bonchev–Trinajstić information content (AvgIpc) is 2.22. The maximum absolute atomic E-state index is 12.0. The Labute approximate surface area is 102 Å². The monoisotopic (exact) mass is 242 g/mol. The van der Waals surface area contributed by atoms with E-state index in [1.165, 1.54) is 6.92 Å². The third-order valence-corrected chi connectivity index (χ3v) is 3.57. The zero-order chi connectivity index (χ0) is 13.2. The Balaban J connectivity index is 2.64. The Kier molecular flexibility index (Phi) is 4.37. The number of amides is 2. The minimum atomic E-state index is -1.01. The van der Waals surface area contributed by atoms with Crippen molar-refractivity contribution in [1.82, 2.24) is 10.2 Å². The Morgan fingerprint density at radius 1 is 1.35 bits per heavy atom. The van der Waals surface area contributed by atoms with Crippen molar-refractivity contribution in [3.63, 3.8) is 0 Å². The molecular weight excluding hydrogens is 220 g/mol. The summed E-state index contributed by atoms with van der Waals surface area (Å²) < 4.78 is 0. The van der Waals surface area contributed by atoms with Gasteiger partial charge >= 0.3 is 12.0 Å². The molecule has 5 nitrogen and oxygen atoms in total. The van der Waals surface area contributed by atoms with Crippen molar-refractivity contribution in [1.29, 1.82) is 0 Å². The molecule has 1 saturated heterocycles. The van der Waals surface area contributed by atoms with Crippen LogP contribution in [-0.4, -0.2) is 40.6 Å². The first-order valence-electron chi connectivity index (χ1n) is 6.12. The summed E-state index contributed by atoms with van der Waals surface area (Å²) in [5.74, 6) is -0.0965.